The SMILES string of the molecule is CCCOCCOB(OCCO)OCCOCCC. The molecular formula is C12H27BO6. The van der Waals surface area contributed by atoms with Gasteiger partial charge >= 0.3 is 7.32 Å². The molecule has 0 radical (unpaired) electrons. The summed E-state index contributed by atoms with van der Waals surface area (Å²) in [6.45, 7) is 7.44. The van der Waals surface area contributed by atoms with Crippen molar-refractivity contribution in [2.75, 3.05) is 52.9 Å². The molecule has 7 heteroatoms. The van der Waals surface area contributed by atoms with Crippen LogP contribution in [0.5, 0.6) is 0 Å². The van der Waals surface area contributed by atoms with E-state index < -0.39 is 7.32 Å². The summed E-state index contributed by atoms with van der Waals surface area (Å²) in [6, 6.07) is 0. The van der Waals surface area contributed by atoms with E-state index in [0.717, 1.165) is 26.1 Å². The smallest absolute Gasteiger partial charge is 0.394 e. The van der Waals surface area contributed by atoms with Gasteiger partial charge in [-0.05, 0) is 12.8 Å². The Morgan fingerprint density at radius 2 is 1.16 bits per heavy atom. The Labute approximate surface area is 116 Å². The number of aliphatic hydroxyl groups excluding tert-OH is 1. The molecule has 6 nitrogen and oxygen atoms in total. The Hall–Kier alpha value is -0.175. The standard InChI is InChI=1S/C12H27BO6/c1-3-6-15-9-11-18-13(17-8-5-14)19-12-10-16-7-4-2/h14H,3-12H2,1-2H3. The summed E-state index contributed by atoms with van der Waals surface area (Å²) in [5, 5.41) is 8.71. The summed E-state index contributed by atoms with van der Waals surface area (Å²) in [7, 11) is -0.775. The largest absolute Gasteiger partial charge is 0.639 e. The molecule has 0 atom stereocenters. The first-order valence-electron chi connectivity index (χ1n) is 6.96. The molecule has 19 heavy (non-hydrogen) atoms. The molecule has 1 N–H and O–H groups in total. The van der Waals surface area contributed by atoms with Crippen molar-refractivity contribution in [3.05, 3.63) is 0 Å². The van der Waals surface area contributed by atoms with Crippen LogP contribution in [0.25, 0.3) is 0 Å². The van der Waals surface area contributed by atoms with Crippen molar-refractivity contribution in [3.8, 4) is 0 Å². The zero-order chi connectivity index (χ0) is 14.2. The normalized spacial score (nSPS) is 10.9. The van der Waals surface area contributed by atoms with Gasteiger partial charge in [-0.25, -0.2) is 0 Å². The highest BCUT2D eigenvalue weighted by Gasteiger charge is 2.20. The van der Waals surface area contributed by atoms with E-state index in [-0.39, 0.29) is 13.2 Å². The number of ether oxygens (including phenoxy) is 2. The molecule has 0 aliphatic rings. The quantitative estimate of drug-likeness (QED) is 0.354. The van der Waals surface area contributed by atoms with Crippen molar-refractivity contribution in [1.82, 2.24) is 0 Å². The molecule has 0 rings (SSSR count). The van der Waals surface area contributed by atoms with Crippen LogP contribution in [0.4, 0.5) is 0 Å². The molecule has 0 heterocycles. The third-order valence-electron chi connectivity index (χ3n) is 2.01. The summed E-state index contributed by atoms with van der Waals surface area (Å²) >= 11 is 0. The van der Waals surface area contributed by atoms with Gasteiger partial charge in [-0.15, -0.1) is 0 Å². The van der Waals surface area contributed by atoms with Crippen LogP contribution < -0.4 is 0 Å². The summed E-state index contributed by atoms with van der Waals surface area (Å²) in [6.07, 6.45) is 1.96. The average Bonchev–Trinajstić information content (AvgIpc) is 2.43. The molecule has 0 spiro atoms. The topological polar surface area (TPSA) is 66.4 Å². The molecule has 0 saturated carbocycles. The van der Waals surface area contributed by atoms with Gasteiger partial charge in [-0.2, -0.15) is 0 Å². The molecule has 0 aromatic carbocycles. The maximum absolute atomic E-state index is 8.71. The van der Waals surface area contributed by atoms with E-state index in [2.05, 4.69) is 0 Å². The molecule has 0 saturated heterocycles. The van der Waals surface area contributed by atoms with E-state index >= 15 is 0 Å². The van der Waals surface area contributed by atoms with Crippen molar-refractivity contribution < 1.29 is 28.5 Å². The predicted molar refractivity (Wildman–Crippen MR) is 72.9 cm³/mol. The van der Waals surface area contributed by atoms with Crippen molar-refractivity contribution in [1.29, 1.82) is 0 Å². The minimum atomic E-state index is -0.775. The van der Waals surface area contributed by atoms with Crippen LogP contribution in [-0.4, -0.2) is 65.3 Å². The number of rotatable bonds is 15. The molecule has 0 amide bonds. The maximum atomic E-state index is 8.71. The highest BCUT2D eigenvalue weighted by molar-refractivity contribution is 6.36. The Morgan fingerprint density at radius 1 is 0.684 bits per heavy atom. The van der Waals surface area contributed by atoms with Gasteiger partial charge < -0.3 is 28.5 Å². The van der Waals surface area contributed by atoms with Gasteiger partial charge in [0.1, 0.15) is 0 Å². The molecule has 0 aliphatic carbocycles. The zero-order valence-corrected chi connectivity index (χ0v) is 12.1. The summed E-state index contributed by atoms with van der Waals surface area (Å²) in [4.78, 5) is 0. The molecule has 0 unspecified atom stereocenters. The molecule has 0 bridgehead atoms. The van der Waals surface area contributed by atoms with Gasteiger partial charge in [0, 0.05) is 13.2 Å². The molecule has 0 aliphatic heterocycles. The van der Waals surface area contributed by atoms with E-state index in [1.54, 1.807) is 0 Å². The van der Waals surface area contributed by atoms with Crippen LogP contribution in [0, 0.1) is 0 Å². The lowest BCUT2D eigenvalue weighted by Crippen LogP contribution is -2.31. The van der Waals surface area contributed by atoms with Crippen molar-refractivity contribution in [2.45, 2.75) is 26.7 Å². The number of hydrogen-bond donors (Lipinski definition) is 1. The summed E-state index contributed by atoms with van der Waals surface area (Å²) in [5.41, 5.74) is 0. The highest BCUT2D eigenvalue weighted by atomic mass is 16.7. The monoisotopic (exact) mass is 278 g/mol. The van der Waals surface area contributed by atoms with Crippen molar-refractivity contribution >= 4 is 7.32 Å². The molecule has 0 aromatic rings. The van der Waals surface area contributed by atoms with Crippen LogP contribution in [0.1, 0.15) is 26.7 Å². The average molecular weight is 278 g/mol. The van der Waals surface area contributed by atoms with Gasteiger partial charge in [0.2, 0.25) is 0 Å². The second-order valence-electron chi connectivity index (χ2n) is 3.85. The minimum absolute atomic E-state index is 0.0676. The third-order valence-corrected chi connectivity index (χ3v) is 2.01. The van der Waals surface area contributed by atoms with Gasteiger partial charge in [0.15, 0.2) is 0 Å². The van der Waals surface area contributed by atoms with Crippen LogP contribution >= 0.6 is 0 Å². The lowest BCUT2D eigenvalue weighted by atomic mass is 10.2. The maximum Gasteiger partial charge on any atom is 0.639 e. The molecule has 0 fully saturated rings. The molecular weight excluding hydrogens is 251 g/mol. The van der Waals surface area contributed by atoms with Gasteiger partial charge in [-0.1, -0.05) is 13.8 Å². The van der Waals surface area contributed by atoms with Gasteiger partial charge in [0.25, 0.3) is 0 Å². The molecule has 0 aromatic heterocycles. The lowest BCUT2D eigenvalue weighted by molar-refractivity contribution is 0.0284. The van der Waals surface area contributed by atoms with Gasteiger partial charge in [0.05, 0.1) is 39.6 Å². The number of hydrogen-bond acceptors (Lipinski definition) is 6. The second-order valence-corrected chi connectivity index (χ2v) is 3.85. The van der Waals surface area contributed by atoms with Crippen LogP contribution in [0.3, 0.4) is 0 Å². The fourth-order valence-corrected chi connectivity index (χ4v) is 1.19. The van der Waals surface area contributed by atoms with E-state index in [9.17, 15) is 0 Å². The van der Waals surface area contributed by atoms with Crippen molar-refractivity contribution in [2.24, 2.45) is 0 Å². The Bertz CT molecular complexity index is 158. The Kier molecular flexibility index (Phi) is 15.7. The zero-order valence-electron chi connectivity index (χ0n) is 12.1. The first kappa shape index (κ1) is 18.8. The van der Waals surface area contributed by atoms with Gasteiger partial charge in [-0.3, -0.25) is 0 Å². The molecule has 114 valence electrons. The lowest BCUT2D eigenvalue weighted by Gasteiger charge is -2.14. The third kappa shape index (κ3) is 14.0. The van der Waals surface area contributed by atoms with Crippen LogP contribution in [0.15, 0.2) is 0 Å². The highest BCUT2D eigenvalue weighted by Crippen LogP contribution is 1.94. The summed E-state index contributed by atoms with van der Waals surface area (Å²) in [5.74, 6) is 0. The van der Waals surface area contributed by atoms with E-state index in [1.165, 1.54) is 0 Å². The number of aliphatic hydroxyl groups is 1. The Morgan fingerprint density at radius 3 is 1.58 bits per heavy atom. The fourth-order valence-electron chi connectivity index (χ4n) is 1.19. The first-order chi connectivity index (χ1) is 9.35. The van der Waals surface area contributed by atoms with E-state index in [1.807, 2.05) is 13.8 Å². The second kappa shape index (κ2) is 15.9. The van der Waals surface area contributed by atoms with E-state index in [0.29, 0.717) is 26.4 Å². The summed E-state index contributed by atoms with van der Waals surface area (Å²) < 4.78 is 26.5. The minimum Gasteiger partial charge on any atom is -0.394 e. The fraction of sp³-hybridized carbons (Fsp3) is 1.00. The predicted octanol–water partition coefficient (Wildman–Crippen LogP) is 0.867. The Balaban J connectivity index is 3.57. The van der Waals surface area contributed by atoms with E-state index in [4.69, 9.17) is 28.5 Å². The van der Waals surface area contributed by atoms with Crippen molar-refractivity contribution in [3.63, 3.8) is 0 Å². The van der Waals surface area contributed by atoms with Crippen LogP contribution in [0.2, 0.25) is 0 Å². The van der Waals surface area contributed by atoms with Crippen LogP contribution in [-0.2, 0) is 23.4 Å². The first-order valence-corrected chi connectivity index (χ1v) is 6.96.